The van der Waals surface area contributed by atoms with Crippen LogP contribution >= 0.6 is 0 Å². The Labute approximate surface area is 176 Å². The number of nitrogens with one attached hydrogen (secondary N) is 2. The van der Waals surface area contributed by atoms with Crippen LogP contribution in [0.3, 0.4) is 0 Å². The number of alkyl halides is 2. The van der Waals surface area contributed by atoms with Crippen molar-refractivity contribution in [3.63, 3.8) is 0 Å². The van der Waals surface area contributed by atoms with Crippen LogP contribution in [0.5, 0.6) is 11.5 Å². The first kappa shape index (κ1) is 23.7. The Morgan fingerprint density at radius 1 is 1.33 bits per heavy atom. The Morgan fingerprint density at radius 2 is 2.13 bits per heavy atom. The van der Waals surface area contributed by atoms with Gasteiger partial charge in [0.1, 0.15) is 11.5 Å². The Morgan fingerprint density at radius 3 is 2.80 bits per heavy atom. The summed E-state index contributed by atoms with van der Waals surface area (Å²) in [5.41, 5.74) is 0.533. The molecule has 0 aliphatic carbocycles. The van der Waals surface area contributed by atoms with E-state index < -0.39 is 6.61 Å². The van der Waals surface area contributed by atoms with Crippen molar-refractivity contribution in [3.05, 3.63) is 23.8 Å². The van der Waals surface area contributed by atoms with Crippen LogP contribution in [0.25, 0.3) is 0 Å². The second-order valence-corrected chi connectivity index (χ2v) is 7.01. The fourth-order valence-corrected chi connectivity index (χ4v) is 3.19. The number of amides is 1. The van der Waals surface area contributed by atoms with Gasteiger partial charge in [-0.3, -0.25) is 4.79 Å². The molecule has 1 amide bonds. The molecule has 2 rings (SSSR count). The van der Waals surface area contributed by atoms with Gasteiger partial charge in [0, 0.05) is 43.7 Å². The quantitative estimate of drug-likeness (QED) is 0.444. The summed E-state index contributed by atoms with van der Waals surface area (Å²) in [4.78, 5) is 18.2. The van der Waals surface area contributed by atoms with Gasteiger partial charge in [-0.25, -0.2) is 4.99 Å². The lowest BCUT2D eigenvalue weighted by atomic mass is 10.2. The number of likely N-dealkylation sites (tertiary alicyclic amines) is 1. The summed E-state index contributed by atoms with van der Waals surface area (Å²) < 4.78 is 35.9. The van der Waals surface area contributed by atoms with Crippen molar-refractivity contribution < 1.29 is 23.0 Å². The Kier molecular flexibility index (Phi) is 9.63. The molecule has 0 aromatic heterocycles. The van der Waals surface area contributed by atoms with E-state index in [9.17, 15) is 13.6 Å². The van der Waals surface area contributed by atoms with Crippen LogP contribution in [-0.2, 0) is 11.3 Å². The van der Waals surface area contributed by atoms with E-state index in [4.69, 9.17) is 4.74 Å². The summed E-state index contributed by atoms with van der Waals surface area (Å²) in [7, 11) is 0. The Balaban J connectivity index is 2.08. The van der Waals surface area contributed by atoms with Crippen LogP contribution in [-0.4, -0.2) is 55.7 Å². The van der Waals surface area contributed by atoms with E-state index in [0.717, 1.165) is 19.4 Å². The van der Waals surface area contributed by atoms with E-state index in [1.807, 2.05) is 25.7 Å². The second kappa shape index (κ2) is 12.2. The highest BCUT2D eigenvalue weighted by molar-refractivity contribution is 5.80. The van der Waals surface area contributed by atoms with Gasteiger partial charge in [0.15, 0.2) is 5.96 Å². The number of guanidine groups is 1. The lowest BCUT2D eigenvalue weighted by Gasteiger charge is -2.19. The highest BCUT2D eigenvalue weighted by Gasteiger charge is 2.25. The molecule has 1 aromatic carbocycles. The molecule has 1 heterocycles. The lowest BCUT2D eigenvalue weighted by Crippen LogP contribution is -2.45. The third-order valence-electron chi connectivity index (χ3n) is 4.66. The van der Waals surface area contributed by atoms with E-state index in [1.165, 1.54) is 6.07 Å². The van der Waals surface area contributed by atoms with Gasteiger partial charge in [-0.05, 0) is 31.9 Å². The molecule has 1 aromatic rings. The average molecular weight is 427 g/mol. The molecule has 0 spiro atoms. The largest absolute Gasteiger partial charge is 0.493 e. The third kappa shape index (κ3) is 7.35. The van der Waals surface area contributed by atoms with Crippen LogP contribution in [0.15, 0.2) is 23.2 Å². The van der Waals surface area contributed by atoms with Gasteiger partial charge in [-0.2, -0.15) is 8.78 Å². The van der Waals surface area contributed by atoms with Crippen LogP contribution < -0.4 is 20.1 Å². The van der Waals surface area contributed by atoms with E-state index in [-0.39, 0.29) is 24.2 Å². The standard InChI is InChI=1S/C21H32F2N4O3/c1-4-11-29-17-8-7-15(18(12-17)30-20(22)23)13-25-21(24-6-3)26-16-9-10-27(14-16)19(28)5-2/h7-8,12,16,20H,4-6,9-11,13-14H2,1-3H3,(H2,24,25,26). The molecule has 168 valence electrons. The number of hydrogen-bond donors (Lipinski definition) is 2. The SMILES string of the molecule is CCCOc1ccc(CN=C(NCC)NC2CCN(C(=O)CC)C2)c(OC(F)F)c1. The zero-order chi connectivity index (χ0) is 21.9. The smallest absolute Gasteiger partial charge is 0.387 e. The maximum Gasteiger partial charge on any atom is 0.387 e. The van der Waals surface area contributed by atoms with Crippen molar-refractivity contribution in [2.75, 3.05) is 26.2 Å². The highest BCUT2D eigenvalue weighted by Crippen LogP contribution is 2.27. The Hall–Kier alpha value is -2.58. The molecule has 1 saturated heterocycles. The molecule has 0 bridgehead atoms. The predicted molar refractivity (Wildman–Crippen MR) is 112 cm³/mol. The van der Waals surface area contributed by atoms with Crippen LogP contribution in [0.2, 0.25) is 0 Å². The van der Waals surface area contributed by atoms with Crippen LogP contribution in [0.1, 0.15) is 45.6 Å². The monoisotopic (exact) mass is 426 g/mol. The predicted octanol–water partition coefficient (Wildman–Crippen LogP) is 3.14. The topological polar surface area (TPSA) is 75.2 Å². The fraction of sp³-hybridized carbons (Fsp3) is 0.619. The van der Waals surface area contributed by atoms with Crippen molar-refractivity contribution in [1.29, 1.82) is 0 Å². The highest BCUT2D eigenvalue weighted by atomic mass is 19.3. The number of benzene rings is 1. The normalized spacial score (nSPS) is 16.7. The molecule has 2 N–H and O–H groups in total. The second-order valence-electron chi connectivity index (χ2n) is 7.01. The van der Waals surface area contributed by atoms with E-state index in [1.54, 1.807) is 12.1 Å². The zero-order valence-electron chi connectivity index (χ0n) is 17.9. The number of ether oxygens (including phenoxy) is 2. The number of aliphatic imine (C=N–C) groups is 1. The number of nitrogens with zero attached hydrogens (tertiary/aromatic N) is 2. The van der Waals surface area contributed by atoms with Gasteiger partial charge in [0.05, 0.1) is 13.2 Å². The van der Waals surface area contributed by atoms with Crippen molar-refractivity contribution >= 4 is 11.9 Å². The van der Waals surface area contributed by atoms with Gasteiger partial charge in [0.25, 0.3) is 0 Å². The summed E-state index contributed by atoms with van der Waals surface area (Å²) in [5.74, 6) is 1.25. The summed E-state index contributed by atoms with van der Waals surface area (Å²) >= 11 is 0. The number of rotatable bonds is 10. The number of halogens is 2. The van der Waals surface area contributed by atoms with E-state index in [0.29, 0.717) is 43.4 Å². The molecule has 1 unspecified atom stereocenters. The molecule has 1 aliphatic rings. The van der Waals surface area contributed by atoms with Gasteiger partial charge < -0.3 is 25.0 Å². The van der Waals surface area contributed by atoms with Crippen molar-refractivity contribution in [3.8, 4) is 11.5 Å². The molecule has 9 heteroatoms. The minimum atomic E-state index is -2.93. The first-order chi connectivity index (χ1) is 14.5. The molecular formula is C21H32F2N4O3. The molecule has 0 saturated carbocycles. The summed E-state index contributed by atoms with van der Waals surface area (Å²) in [6, 6.07) is 4.98. The molecule has 1 aliphatic heterocycles. The Bertz CT molecular complexity index is 715. The molecule has 0 radical (unpaired) electrons. The third-order valence-corrected chi connectivity index (χ3v) is 4.66. The van der Waals surface area contributed by atoms with Gasteiger partial charge in [-0.15, -0.1) is 0 Å². The fourth-order valence-electron chi connectivity index (χ4n) is 3.19. The molecular weight excluding hydrogens is 394 g/mol. The van der Waals surface area contributed by atoms with E-state index >= 15 is 0 Å². The van der Waals surface area contributed by atoms with Crippen LogP contribution in [0.4, 0.5) is 8.78 Å². The minimum Gasteiger partial charge on any atom is -0.493 e. The molecule has 1 fully saturated rings. The first-order valence-electron chi connectivity index (χ1n) is 10.5. The van der Waals surface area contributed by atoms with Gasteiger partial charge in [-0.1, -0.05) is 13.8 Å². The summed E-state index contributed by atoms with van der Waals surface area (Å²) in [5, 5.41) is 6.49. The van der Waals surface area contributed by atoms with Crippen molar-refractivity contribution in [2.45, 2.75) is 59.2 Å². The van der Waals surface area contributed by atoms with Gasteiger partial charge in [0.2, 0.25) is 5.91 Å². The number of hydrogen-bond acceptors (Lipinski definition) is 4. The average Bonchev–Trinajstić information content (AvgIpc) is 3.19. The summed E-state index contributed by atoms with van der Waals surface area (Å²) in [6.45, 7) is 5.50. The lowest BCUT2D eigenvalue weighted by molar-refractivity contribution is -0.129. The maximum absolute atomic E-state index is 12.8. The summed E-state index contributed by atoms with van der Waals surface area (Å²) in [6.07, 6.45) is 2.14. The van der Waals surface area contributed by atoms with E-state index in [2.05, 4.69) is 20.4 Å². The number of carbonyl (C=O) groups is 1. The molecule has 1 atom stereocenters. The molecule has 7 nitrogen and oxygen atoms in total. The van der Waals surface area contributed by atoms with Crippen molar-refractivity contribution in [2.24, 2.45) is 4.99 Å². The minimum absolute atomic E-state index is 0.0544. The zero-order valence-corrected chi connectivity index (χ0v) is 17.9. The maximum atomic E-state index is 12.8. The van der Waals surface area contributed by atoms with Crippen molar-refractivity contribution in [1.82, 2.24) is 15.5 Å². The number of carbonyl (C=O) groups excluding carboxylic acids is 1. The van der Waals surface area contributed by atoms with Crippen LogP contribution in [0, 0.1) is 0 Å². The molecule has 30 heavy (non-hydrogen) atoms. The van der Waals surface area contributed by atoms with Gasteiger partial charge >= 0.3 is 6.61 Å². The first-order valence-corrected chi connectivity index (χ1v) is 10.5.